The number of rotatable bonds is 2. The third kappa shape index (κ3) is 3.67. The second-order valence-corrected chi connectivity index (χ2v) is 6.92. The van der Waals surface area contributed by atoms with Gasteiger partial charge in [0.15, 0.2) is 0 Å². The summed E-state index contributed by atoms with van der Waals surface area (Å²) in [5, 5.41) is 0. The maximum Gasteiger partial charge on any atom is 0.393 e. The summed E-state index contributed by atoms with van der Waals surface area (Å²) in [7, 11) is 0. The van der Waals surface area contributed by atoms with E-state index in [1.54, 1.807) is 0 Å². The number of likely N-dealkylation sites (tertiary alicyclic amines) is 1. The van der Waals surface area contributed by atoms with Crippen LogP contribution in [0.3, 0.4) is 0 Å². The molecule has 4 atom stereocenters. The zero-order chi connectivity index (χ0) is 14.9. The molecule has 1 heterocycles. The van der Waals surface area contributed by atoms with Crippen LogP contribution < -0.4 is 5.73 Å². The molecule has 0 radical (unpaired) electrons. The summed E-state index contributed by atoms with van der Waals surface area (Å²) in [6.07, 6.45) is -0.125. The Morgan fingerprint density at radius 2 is 1.85 bits per heavy atom. The Labute approximate surface area is 119 Å². The van der Waals surface area contributed by atoms with Crippen molar-refractivity contribution in [1.29, 1.82) is 0 Å². The van der Waals surface area contributed by atoms with E-state index in [9.17, 15) is 13.2 Å². The van der Waals surface area contributed by atoms with Crippen LogP contribution in [0.25, 0.3) is 0 Å². The molecule has 2 fully saturated rings. The Morgan fingerprint density at radius 3 is 2.45 bits per heavy atom. The minimum Gasteiger partial charge on any atom is -0.326 e. The van der Waals surface area contributed by atoms with Gasteiger partial charge in [-0.05, 0) is 50.5 Å². The molecule has 0 aromatic heterocycles. The van der Waals surface area contributed by atoms with Gasteiger partial charge in [-0.15, -0.1) is 0 Å². The van der Waals surface area contributed by atoms with Crippen LogP contribution in [0.2, 0.25) is 0 Å². The van der Waals surface area contributed by atoms with Crippen LogP contribution in [0, 0.1) is 17.8 Å². The van der Waals surface area contributed by atoms with E-state index in [4.69, 9.17) is 5.73 Å². The fraction of sp³-hybridized carbons (Fsp3) is 1.00. The Kier molecular flexibility index (Phi) is 5.00. The van der Waals surface area contributed by atoms with Crippen LogP contribution in [-0.2, 0) is 0 Å². The normalized spacial score (nSPS) is 37.4. The molecule has 2 N–H and O–H groups in total. The van der Waals surface area contributed by atoms with Gasteiger partial charge in [0.1, 0.15) is 0 Å². The molecule has 1 saturated carbocycles. The summed E-state index contributed by atoms with van der Waals surface area (Å²) in [6, 6.07) is 0.179. The van der Waals surface area contributed by atoms with Gasteiger partial charge in [0.25, 0.3) is 0 Å². The largest absolute Gasteiger partial charge is 0.393 e. The number of piperidine rings is 1. The van der Waals surface area contributed by atoms with E-state index in [0.29, 0.717) is 18.3 Å². The third-order valence-corrected chi connectivity index (χ3v) is 5.24. The average Bonchev–Trinajstić information content (AvgIpc) is 2.38. The van der Waals surface area contributed by atoms with Gasteiger partial charge in [0, 0.05) is 18.6 Å². The van der Waals surface area contributed by atoms with Crippen LogP contribution in [0.1, 0.15) is 46.0 Å². The van der Waals surface area contributed by atoms with Crippen molar-refractivity contribution < 1.29 is 13.2 Å². The number of hydrogen-bond acceptors (Lipinski definition) is 2. The standard InChI is InChI=1S/C15H27F3N2/c1-10(2)11-5-6-13(19)14(8-11)20-7-3-4-12(9-20)15(16,17)18/h10-14H,3-9,19H2,1-2H3. The smallest absolute Gasteiger partial charge is 0.326 e. The molecule has 118 valence electrons. The molecule has 1 saturated heterocycles. The molecule has 0 amide bonds. The van der Waals surface area contributed by atoms with Gasteiger partial charge >= 0.3 is 6.18 Å². The highest BCUT2D eigenvalue weighted by molar-refractivity contribution is 4.92. The summed E-state index contributed by atoms with van der Waals surface area (Å²) < 4.78 is 38.8. The molecule has 2 rings (SSSR count). The first-order valence-corrected chi connectivity index (χ1v) is 7.85. The lowest BCUT2D eigenvalue weighted by Crippen LogP contribution is -2.55. The average molecular weight is 292 g/mol. The molecule has 4 unspecified atom stereocenters. The Hall–Kier alpha value is -0.290. The first-order valence-electron chi connectivity index (χ1n) is 7.85. The van der Waals surface area contributed by atoms with Gasteiger partial charge in [-0.25, -0.2) is 0 Å². The highest BCUT2D eigenvalue weighted by Crippen LogP contribution is 2.37. The predicted molar refractivity (Wildman–Crippen MR) is 74.3 cm³/mol. The van der Waals surface area contributed by atoms with E-state index in [2.05, 4.69) is 13.8 Å². The predicted octanol–water partition coefficient (Wildman–Crippen LogP) is 3.41. The zero-order valence-electron chi connectivity index (χ0n) is 12.5. The van der Waals surface area contributed by atoms with Crippen LogP contribution in [0.4, 0.5) is 13.2 Å². The highest BCUT2D eigenvalue weighted by Gasteiger charge is 2.44. The topological polar surface area (TPSA) is 29.3 Å². The van der Waals surface area contributed by atoms with Gasteiger partial charge in [-0.3, -0.25) is 4.90 Å². The Bertz CT molecular complexity index is 317. The molecule has 0 aromatic carbocycles. The maximum absolute atomic E-state index is 12.9. The third-order valence-electron chi connectivity index (χ3n) is 5.24. The second-order valence-electron chi connectivity index (χ2n) is 6.92. The van der Waals surface area contributed by atoms with Gasteiger partial charge in [-0.2, -0.15) is 13.2 Å². The lowest BCUT2D eigenvalue weighted by atomic mass is 9.76. The van der Waals surface area contributed by atoms with E-state index in [-0.39, 0.29) is 25.0 Å². The van der Waals surface area contributed by atoms with Gasteiger partial charge in [0.05, 0.1) is 5.92 Å². The van der Waals surface area contributed by atoms with Crippen molar-refractivity contribution in [3.05, 3.63) is 0 Å². The highest BCUT2D eigenvalue weighted by atomic mass is 19.4. The lowest BCUT2D eigenvalue weighted by molar-refractivity contribution is -0.189. The molecule has 1 aliphatic carbocycles. The molecule has 0 aromatic rings. The van der Waals surface area contributed by atoms with Crippen LogP contribution in [-0.4, -0.2) is 36.2 Å². The van der Waals surface area contributed by atoms with Gasteiger partial charge in [-0.1, -0.05) is 13.8 Å². The van der Waals surface area contributed by atoms with Crippen molar-refractivity contribution >= 4 is 0 Å². The van der Waals surface area contributed by atoms with Crippen molar-refractivity contribution in [1.82, 2.24) is 4.90 Å². The van der Waals surface area contributed by atoms with Crippen molar-refractivity contribution in [2.75, 3.05) is 13.1 Å². The SMILES string of the molecule is CC(C)C1CCC(N)C(N2CCCC(C(F)(F)F)C2)C1. The molecule has 20 heavy (non-hydrogen) atoms. The number of hydrogen-bond donors (Lipinski definition) is 1. The van der Waals surface area contributed by atoms with E-state index in [1.165, 1.54) is 0 Å². The molecular formula is C15H27F3N2. The maximum atomic E-state index is 12.9. The quantitative estimate of drug-likeness (QED) is 0.845. The van der Waals surface area contributed by atoms with Gasteiger partial charge < -0.3 is 5.73 Å². The molecule has 0 spiro atoms. The van der Waals surface area contributed by atoms with Crippen LogP contribution in [0.5, 0.6) is 0 Å². The molecule has 2 nitrogen and oxygen atoms in total. The Balaban J connectivity index is 2.01. The van der Waals surface area contributed by atoms with E-state index < -0.39 is 12.1 Å². The minimum absolute atomic E-state index is 0.0389. The fourth-order valence-corrected chi connectivity index (χ4v) is 3.80. The van der Waals surface area contributed by atoms with E-state index in [0.717, 1.165) is 25.8 Å². The fourth-order valence-electron chi connectivity index (χ4n) is 3.80. The summed E-state index contributed by atoms with van der Waals surface area (Å²) in [6.45, 7) is 5.32. The molecule has 2 aliphatic rings. The molecular weight excluding hydrogens is 265 g/mol. The first kappa shape index (κ1) is 16.1. The zero-order valence-corrected chi connectivity index (χ0v) is 12.5. The summed E-state index contributed by atoms with van der Waals surface area (Å²) in [4.78, 5) is 2.03. The summed E-state index contributed by atoms with van der Waals surface area (Å²) in [5.41, 5.74) is 6.20. The number of nitrogens with zero attached hydrogens (tertiary/aromatic N) is 1. The number of halogens is 3. The van der Waals surface area contributed by atoms with Crippen molar-refractivity contribution in [3.8, 4) is 0 Å². The number of alkyl halides is 3. The van der Waals surface area contributed by atoms with E-state index in [1.807, 2.05) is 4.90 Å². The van der Waals surface area contributed by atoms with E-state index >= 15 is 0 Å². The summed E-state index contributed by atoms with van der Waals surface area (Å²) in [5.74, 6) is 0.0298. The molecule has 5 heteroatoms. The number of nitrogens with two attached hydrogens (primary N) is 1. The van der Waals surface area contributed by atoms with Crippen molar-refractivity contribution in [3.63, 3.8) is 0 Å². The Morgan fingerprint density at radius 1 is 1.15 bits per heavy atom. The minimum atomic E-state index is -4.06. The van der Waals surface area contributed by atoms with Crippen molar-refractivity contribution in [2.45, 2.75) is 64.2 Å². The van der Waals surface area contributed by atoms with Crippen molar-refractivity contribution in [2.24, 2.45) is 23.5 Å². The van der Waals surface area contributed by atoms with Gasteiger partial charge in [0.2, 0.25) is 0 Å². The summed E-state index contributed by atoms with van der Waals surface area (Å²) >= 11 is 0. The van der Waals surface area contributed by atoms with Crippen LogP contribution in [0.15, 0.2) is 0 Å². The van der Waals surface area contributed by atoms with Crippen LogP contribution >= 0.6 is 0 Å². The second kappa shape index (κ2) is 6.22. The first-order chi connectivity index (χ1) is 9.29. The molecule has 0 bridgehead atoms. The molecule has 1 aliphatic heterocycles. The monoisotopic (exact) mass is 292 g/mol. The lowest BCUT2D eigenvalue weighted by Gasteiger charge is -2.45.